The van der Waals surface area contributed by atoms with Gasteiger partial charge in [0.2, 0.25) is 0 Å². The standard InChI is InChI=1S/C10H13Cl2P/c1-3-8-5-6-10(13(11)12)7-9(8)4-2/h5-7H,3-4H2,1-2H3. The van der Waals surface area contributed by atoms with Crippen molar-refractivity contribution in [2.45, 2.75) is 26.7 Å². The molecule has 0 aromatic heterocycles. The van der Waals surface area contributed by atoms with Crippen molar-refractivity contribution in [3.63, 3.8) is 0 Å². The van der Waals surface area contributed by atoms with Crippen LogP contribution in [0.25, 0.3) is 0 Å². The second-order valence-corrected chi connectivity index (χ2v) is 6.42. The smallest absolute Gasteiger partial charge is 0.0727 e. The molecule has 0 radical (unpaired) electrons. The quantitative estimate of drug-likeness (QED) is 0.688. The molecule has 1 aromatic rings. The van der Waals surface area contributed by atoms with E-state index < -0.39 is 6.63 Å². The van der Waals surface area contributed by atoms with Gasteiger partial charge in [0.05, 0.1) is 0 Å². The van der Waals surface area contributed by atoms with E-state index in [1.54, 1.807) is 0 Å². The summed E-state index contributed by atoms with van der Waals surface area (Å²) in [5, 5.41) is 1.06. The van der Waals surface area contributed by atoms with Crippen molar-refractivity contribution >= 4 is 34.4 Å². The third-order valence-corrected chi connectivity index (χ3v) is 3.99. The first-order chi connectivity index (χ1) is 6.19. The number of hydrogen-bond acceptors (Lipinski definition) is 0. The van der Waals surface area contributed by atoms with Crippen LogP contribution in [0.1, 0.15) is 25.0 Å². The Bertz CT molecular complexity index is 284. The minimum atomic E-state index is -0.990. The van der Waals surface area contributed by atoms with E-state index in [2.05, 4.69) is 26.0 Å². The molecule has 0 unspecified atom stereocenters. The van der Waals surface area contributed by atoms with Crippen molar-refractivity contribution in [2.75, 3.05) is 0 Å². The van der Waals surface area contributed by atoms with Gasteiger partial charge in [-0.3, -0.25) is 0 Å². The molecule has 0 saturated carbocycles. The predicted molar refractivity (Wildman–Crippen MR) is 63.5 cm³/mol. The maximum Gasteiger partial charge on any atom is 0.116 e. The Labute approximate surface area is 90.6 Å². The molecule has 1 aromatic carbocycles. The molecule has 13 heavy (non-hydrogen) atoms. The summed E-state index contributed by atoms with van der Waals surface area (Å²) >= 11 is 11.7. The molecule has 0 N–H and O–H groups in total. The van der Waals surface area contributed by atoms with Crippen LogP contribution in [0.5, 0.6) is 0 Å². The molecule has 0 spiro atoms. The molecule has 3 heteroatoms. The molecule has 72 valence electrons. The van der Waals surface area contributed by atoms with Crippen LogP contribution in [0.3, 0.4) is 0 Å². The van der Waals surface area contributed by atoms with Crippen LogP contribution in [0.15, 0.2) is 18.2 Å². The van der Waals surface area contributed by atoms with E-state index in [0.717, 1.165) is 18.1 Å². The molecular formula is C10H13Cl2P. The molecule has 0 fully saturated rings. The van der Waals surface area contributed by atoms with Gasteiger partial charge < -0.3 is 0 Å². The molecule has 1 rings (SSSR count). The molecule has 0 aliphatic rings. The number of hydrogen-bond donors (Lipinski definition) is 0. The fraction of sp³-hybridized carbons (Fsp3) is 0.400. The normalized spacial score (nSPS) is 10.8. The molecule has 0 aliphatic heterocycles. The van der Waals surface area contributed by atoms with Crippen LogP contribution < -0.4 is 5.30 Å². The van der Waals surface area contributed by atoms with Crippen molar-refractivity contribution in [3.05, 3.63) is 29.3 Å². The highest BCUT2D eigenvalue weighted by atomic mass is 35.9. The Kier molecular flexibility index (Phi) is 4.52. The van der Waals surface area contributed by atoms with E-state index in [1.165, 1.54) is 11.1 Å². The molecular weight excluding hydrogens is 222 g/mol. The summed E-state index contributed by atoms with van der Waals surface area (Å²) in [5.41, 5.74) is 2.77. The second-order valence-electron chi connectivity index (χ2n) is 2.89. The minimum absolute atomic E-state index is 0.990. The van der Waals surface area contributed by atoms with Crippen LogP contribution in [0.2, 0.25) is 0 Å². The van der Waals surface area contributed by atoms with Crippen LogP contribution >= 0.6 is 29.1 Å². The monoisotopic (exact) mass is 234 g/mol. The van der Waals surface area contributed by atoms with Gasteiger partial charge in [-0.05, 0) is 30.0 Å². The third-order valence-electron chi connectivity index (χ3n) is 2.15. The zero-order valence-electron chi connectivity index (χ0n) is 7.85. The fourth-order valence-electron chi connectivity index (χ4n) is 1.39. The summed E-state index contributed by atoms with van der Waals surface area (Å²) in [4.78, 5) is 0. The third kappa shape index (κ3) is 2.84. The maximum atomic E-state index is 5.86. The molecule has 0 heterocycles. The summed E-state index contributed by atoms with van der Waals surface area (Å²) < 4.78 is 0. The Balaban J connectivity index is 3.05. The Morgan fingerprint density at radius 3 is 2.15 bits per heavy atom. The lowest BCUT2D eigenvalue weighted by molar-refractivity contribution is 1.04. The van der Waals surface area contributed by atoms with Crippen LogP contribution in [-0.2, 0) is 12.8 Å². The van der Waals surface area contributed by atoms with E-state index in [4.69, 9.17) is 22.5 Å². The van der Waals surface area contributed by atoms with Crippen molar-refractivity contribution in [2.24, 2.45) is 0 Å². The minimum Gasteiger partial charge on any atom is -0.0727 e. The lowest BCUT2D eigenvalue weighted by Gasteiger charge is -2.08. The Hall–Kier alpha value is 0.230. The van der Waals surface area contributed by atoms with E-state index in [0.29, 0.717) is 0 Å². The summed E-state index contributed by atoms with van der Waals surface area (Å²) in [7, 11) is 0. The molecule has 0 atom stereocenters. The zero-order chi connectivity index (χ0) is 9.84. The SMILES string of the molecule is CCc1ccc(P(Cl)Cl)cc1CC. The van der Waals surface area contributed by atoms with Gasteiger partial charge in [0.1, 0.15) is 6.63 Å². The maximum absolute atomic E-state index is 5.86. The molecule has 0 nitrogen and oxygen atoms in total. The van der Waals surface area contributed by atoms with E-state index in [9.17, 15) is 0 Å². The molecule has 0 amide bonds. The van der Waals surface area contributed by atoms with Crippen molar-refractivity contribution in [1.29, 1.82) is 0 Å². The first-order valence-corrected chi connectivity index (χ1v) is 7.57. The topological polar surface area (TPSA) is 0 Å². The largest absolute Gasteiger partial charge is 0.116 e. The van der Waals surface area contributed by atoms with Crippen molar-refractivity contribution in [3.8, 4) is 0 Å². The number of rotatable bonds is 3. The van der Waals surface area contributed by atoms with E-state index >= 15 is 0 Å². The summed E-state index contributed by atoms with van der Waals surface area (Å²) in [6, 6.07) is 6.29. The van der Waals surface area contributed by atoms with Gasteiger partial charge in [-0.25, -0.2) is 0 Å². The summed E-state index contributed by atoms with van der Waals surface area (Å²) in [6.07, 6.45) is 2.12. The Morgan fingerprint density at radius 1 is 1.08 bits per heavy atom. The number of benzene rings is 1. The van der Waals surface area contributed by atoms with Gasteiger partial charge >= 0.3 is 0 Å². The van der Waals surface area contributed by atoms with Gasteiger partial charge in [-0.2, -0.15) is 0 Å². The van der Waals surface area contributed by atoms with Gasteiger partial charge in [-0.15, -0.1) is 0 Å². The highest BCUT2D eigenvalue weighted by Gasteiger charge is 2.06. The summed E-state index contributed by atoms with van der Waals surface area (Å²) in [6.45, 7) is 3.33. The van der Waals surface area contributed by atoms with Crippen molar-refractivity contribution < 1.29 is 0 Å². The molecule has 0 saturated heterocycles. The molecule has 0 bridgehead atoms. The lowest BCUT2D eigenvalue weighted by atomic mass is 10.0. The average Bonchev–Trinajstić information content (AvgIpc) is 2.16. The summed E-state index contributed by atoms with van der Waals surface area (Å²) in [5.74, 6) is 0. The second kappa shape index (κ2) is 5.20. The van der Waals surface area contributed by atoms with E-state index in [-0.39, 0.29) is 0 Å². The highest BCUT2D eigenvalue weighted by molar-refractivity contribution is 8.08. The van der Waals surface area contributed by atoms with Crippen LogP contribution in [-0.4, -0.2) is 0 Å². The number of halogens is 2. The van der Waals surface area contributed by atoms with Gasteiger partial charge in [0.15, 0.2) is 0 Å². The first-order valence-electron chi connectivity index (χ1n) is 4.42. The average molecular weight is 235 g/mol. The zero-order valence-corrected chi connectivity index (χ0v) is 10.3. The predicted octanol–water partition coefficient (Wildman–Crippen LogP) is 4.23. The van der Waals surface area contributed by atoms with Crippen LogP contribution in [0, 0.1) is 0 Å². The number of aryl methyl sites for hydroxylation is 2. The Morgan fingerprint density at radius 2 is 1.69 bits per heavy atom. The van der Waals surface area contributed by atoms with Crippen molar-refractivity contribution in [1.82, 2.24) is 0 Å². The van der Waals surface area contributed by atoms with Gasteiger partial charge in [-0.1, -0.05) is 48.5 Å². The highest BCUT2D eigenvalue weighted by Crippen LogP contribution is 2.45. The first kappa shape index (κ1) is 11.3. The van der Waals surface area contributed by atoms with E-state index in [1.807, 2.05) is 6.07 Å². The van der Waals surface area contributed by atoms with Crippen LogP contribution in [0.4, 0.5) is 0 Å². The van der Waals surface area contributed by atoms with Gasteiger partial charge in [0, 0.05) is 5.30 Å². The fourth-order valence-corrected chi connectivity index (χ4v) is 2.46. The van der Waals surface area contributed by atoms with Gasteiger partial charge in [0.25, 0.3) is 0 Å². The molecule has 0 aliphatic carbocycles. The lowest BCUT2D eigenvalue weighted by Crippen LogP contribution is -2.00.